The van der Waals surface area contributed by atoms with Crippen LogP contribution in [0.2, 0.25) is 0 Å². The number of hydrogen-bond donors (Lipinski definition) is 2. The van der Waals surface area contributed by atoms with Crippen molar-refractivity contribution in [2.45, 2.75) is 19.5 Å². The molecule has 0 aliphatic rings. The molecule has 1 amide bonds. The van der Waals surface area contributed by atoms with E-state index >= 15 is 0 Å². The van der Waals surface area contributed by atoms with E-state index in [2.05, 4.69) is 26.2 Å². The number of carbonyl (C=O) groups is 1. The molecule has 1 aromatic heterocycles. The average molecular weight is 334 g/mol. The molecule has 4 nitrogen and oxygen atoms in total. The lowest BCUT2D eigenvalue weighted by molar-refractivity contribution is 0.0939. The van der Waals surface area contributed by atoms with Gasteiger partial charge in [0.15, 0.2) is 0 Å². The van der Waals surface area contributed by atoms with E-state index in [1.54, 1.807) is 18.3 Å². The molecule has 5 heteroatoms. The fourth-order valence-electron chi connectivity index (χ4n) is 1.92. The molecular formula is C15H16BrN3O. The van der Waals surface area contributed by atoms with Gasteiger partial charge < -0.3 is 11.1 Å². The van der Waals surface area contributed by atoms with E-state index in [0.29, 0.717) is 17.8 Å². The van der Waals surface area contributed by atoms with Crippen molar-refractivity contribution in [3.05, 3.63) is 63.9 Å². The van der Waals surface area contributed by atoms with Crippen molar-refractivity contribution in [1.29, 1.82) is 0 Å². The largest absolute Gasteiger partial charge is 0.345 e. The molecular weight excluding hydrogens is 318 g/mol. The summed E-state index contributed by atoms with van der Waals surface area (Å²) in [5, 5.41) is 2.97. The number of carbonyl (C=O) groups excluding carboxylic acids is 1. The molecule has 2 aromatic rings. The predicted molar refractivity (Wildman–Crippen MR) is 82.2 cm³/mol. The van der Waals surface area contributed by atoms with Crippen LogP contribution in [0.15, 0.2) is 47.1 Å². The van der Waals surface area contributed by atoms with Gasteiger partial charge in [0.1, 0.15) is 0 Å². The molecule has 1 heterocycles. The second-order valence-electron chi connectivity index (χ2n) is 4.46. The molecule has 3 N–H and O–H groups in total. The Morgan fingerprint density at radius 2 is 2.15 bits per heavy atom. The first-order valence-electron chi connectivity index (χ1n) is 6.32. The Morgan fingerprint density at radius 1 is 1.40 bits per heavy atom. The van der Waals surface area contributed by atoms with Crippen molar-refractivity contribution >= 4 is 21.8 Å². The Morgan fingerprint density at radius 3 is 2.85 bits per heavy atom. The van der Waals surface area contributed by atoms with Gasteiger partial charge >= 0.3 is 0 Å². The predicted octanol–water partition coefficient (Wildman–Crippen LogP) is 2.79. The van der Waals surface area contributed by atoms with Crippen LogP contribution in [0.3, 0.4) is 0 Å². The molecule has 0 bridgehead atoms. The highest BCUT2D eigenvalue weighted by atomic mass is 79.9. The first kappa shape index (κ1) is 14.7. The van der Waals surface area contributed by atoms with Gasteiger partial charge in [-0.2, -0.15) is 0 Å². The molecule has 1 unspecified atom stereocenters. The fourth-order valence-corrected chi connectivity index (χ4v) is 2.54. The molecule has 104 valence electrons. The lowest BCUT2D eigenvalue weighted by atomic mass is 10.1. The third-order valence-electron chi connectivity index (χ3n) is 3.01. The summed E-state index contributed by atoms with van der Waals surface area (Å²) in [6, 6.07) is 11.1. The van der Waals surface area contributed by atoms with Crippen molar-refractivity contribution in [3.8, 4) is 0 Å². The number of benzene rings is 1. The number of hydrogen-bond acceptors (Lipinski definition) is 3. The second-order valence-corrected chi connectivity index (χ2v) is 5.31. The van der Waals surface area contributed by atoms with E-state index in [1.165, 1.54) is 0 Å². The quantitative estimate of drug-likeness (QED) is 0.903. The van der Waals surface area contributed by atoms with E-state index in [-0.39, 0.29) is 11.9 Å². The molecule has 0 saturated heterocycles. The van der Waals surface area contributed by atoms with Gasteiger partial charge in [0.25, 0.3) is 5.91 Å². The molecule has 0 fully saturated rings. The van der Waals surface area contributed by atoms with E-state index < -0.39 is 0 Å². The van der Waals surface area contributed by atoms with Crippen LogP contribution in [-0.2, 0) is 6.54 Å². The van der Waals surface area contributed by atoms with Gasteiger partial charge in [-0.15, -0.1) is 0 Å². The lowest BCUT2D eigenvalue weighted by Crippen LogP contribution is -2.27. The summed E-state index contributed by atoms with van der Waals surface area (Å²) in [5.74, 6) is -0.134. The van der Waals surface area contributed by atoms with E-state index in [9.17, 15) is 4.79 Å². The molecule has 2 rings (SSSR count). The first-order valence-corrected chi connectivity index (χ1v) is 7.11. The normalized spacial score (nSPS) is 11.9. The van der Waals surface area contributed by atoms with E-state index in [0.717, 1.165) is 10.0 Å². The highest BCUT2D eigenvalue weighted by molar-refractivity contribution is 9.10. The molecule has 0 aliphatic heterocycles. The summed E-state index contributed by atoms with van der Waals surface area (Å²) < 4.78 is 0.977. The van der Waals surface area contributed by atoms with Crippen LogP contribution in [0.5, 0.6) is 0 Å². The van der Waals surface area contributed by atoms with E-state index in [1.807, 2.05) is 31.2 Å². The summed E-state index contributed by atoms with van der Waals surface area (Å²) in [5.41, 5.74) is 7.84. The second kappa shape index (κ2) is 6.63. The summed E-state index contributed by atoms with van der Waals surface area (Å²) in [6.45, 7) is 2.27. The zero-order valence-electron chi connectivity index (χ0n) is 11.1. The van der Waals surface area contributed by atoms with Crippen LogP contribution >= 0.6 is 15.9 Å². The van der Waals surface area contributed by atoms with Crippen LogP contribution in [0.1, 0.15) is 34.6 Å². The van der Waals surface area contributed by atoms with Crippen molar-refractivity contribution in [3.63, 3.8) is 0 Å². The highest BCUT2D eigenvalue weighted by Crippen LogP contribution is 2.22. The van der Waals surface area contributed by atoms with Gasteiger partial charge in [-0.25, -0.2) is 0 Å². The Kier molecular flexibility index (Phi) is 4.87. The van der Waals surface area contributed by atoms with Crippen LogP contribution < -0.4 is 11.1 Å². The standard InChI is InChI=1S/C15H16BrN3O/c1-10(13-4-2-3-5-14(13)16)19-15(20)11-6-7-18-12(8-11)9-17/h2-8,10H,9,17H2,1H3,(H,19,20). The number of nitrogens with two attached hydrogens (primary N) is 1. The third-order valence-corrected chi connectivity index (χ3v) is 3.73. The molecule has 0 radical (unpaired) electrons. The maximum atomic E-state index is 12.2. The Bertz CT molecular complexity index is 616. The minimum Gasteiger partial charge on any atom is -0.345 e. The lowest BCUT2D eigenvalue weighted by Gasteiger charge is -2.16. The van der Waals surface area contributed by atoms with Gasteiger partial charge in [-0.05, 0) is 30.7 Å². The number of nitrogens with one attached hydrogen (secondary N) is 1. The SMILES string of the molecule is CC(NC(=O)c1ccnc(CN)c1)c1ccccc1Br. The number of amides is 1. The van der Waals surface area contributed by atoms with Gasteiger partial charge in [0, 0.05) is 22.8 Å². The maximum absolute atomic E-state index is 12.2. The molecule has 20 heavy (non-hydrogen) atoms. The van der Waals surface area contributed by atoms with Crippen LogP contribution in [0, 0.1) is 0 Å². The van der Waals surface area contributed by atoms with Crippen LogP contribution in [0.25, 0.3) is 0 Å². The minimum atomic E-state index is -0.134. The number of nitrogens with zero attached hydrogens (tertiary/aromatic N) is 1. The summed E-state index contributed by atoms with van der Waals surface area (Å²) in [4.78, 5) is 16.3. The van der Waals surface area contributed by atoms with Crippen molar-refractivity contribution in [1.82, 2.24) is 10.3 Å². The summed E-state index contributed by atoms with van der Waals surface area (Å²) >= 11 is 3.49. The summed E-state index contributed by atoms with van der Waals surface area (Å²) in [6.07, 6.45) is 1.60. The molecule has 0 saturated carbocycles. The van der Waals surface area contributed by atoms with Crippen LogP contribution in [0.4, 0.5) is 0 Å². The van der Waals surface area contributed by atoms with Crippen LogP contribution in [-0.4, -0.2) is 10.9 Å². The minimum absolute atomic E-state index is 0.0902. The first-order chi connectivity index (χ1) is 9.61. The Labute approximate surface area is 126 Å². The Hall–Kier alpha value is -1.72. The molecule has 0 aliphatic carbocycles. The summed E-state index contributed by atoms with van der Waals surface area (Å²) in [7, 11) is 0. The Balaban J connectivity index is 2.13. The van der Waals surface area contributed by atoms with Crippen molar-refractivity contribution in [2.24, 2.45) is 5.73 Å². The zero-order chi connectivity index (χ0) is 14.5. The van der Waals surface area contributed by atoms with Gasteiger partial charge in [-0.1, -0.05) is 34.1 Å². The smallest absolute Gasteiger partial charge is 0.251 e. The zero-order valence-corrected chi connectivity index (χ0v) is 12.7. The van der Waals surface area contributed by atoms with Crippen molar-refractivity contribution < 1.29 is 4.79 Å². The van der Waals surface area contributed by atoms with Gasteiger partial charge in [0.2, 0.25) is 0 Å². The number of pyridine rings is 1. The maximum Gasteiger partial charge on any atom is 0.251 e. The van der Waals surface area contributed by atoms with Gasteiger partial charge in [-0.3, -0.25) is 9.78 Å². The third kappa shape index (κ3) is 3.43. The number of aromatic nitrogens is 1. The fraction of sp³-hybridized carbons (Fsp3) is 0.200. The monoisotopic (exact) mass is 333 g/mol. The average Bonchev–Trinajstić information content (AvgIpc) is 2.47. The number of halogens is 1. The van der Waals surface area contributed by atoms with Crippen molar-refractivity contribution in [2.75, 3.05) is 0 Å². The molecule has 1 atom stereocenters. The highest BCUT2D eigenvalue weighted by Gasteiger charge is 2.13. The number of rotatable bonds is 4. The van der Waals surface area contributed by atoms with E-state index in [4.69, 9.17) is 5.73 Å². The topological polar surface area (TPSA) is 68.0 Å². The van der Waals surface area contributed by atoms with Gasteiger partial charge in [0.05, 0.1) is 11.7 Å². The molecule has 0 spiro atoms. The molecule has 1 aromatic carbocycles.